The summed E-state index contributed by atoms with van der Waals surface area (Å²) in [7, 11) is -2.18. The van der Waals surface area contributed by atoms with Crippen LogP contribution in [0.2, 0.25) is 0 Å². The molecular weight excluding hydrogens is 340 g/mol. The number of methoxy groups -OCH3 is 1. The number of sulfonamides is 1. The number of halogens is 1. The number of carbonyl (C=O) groups excluding carboxylic acids is 1. The van der Waals surface area contributed by atoms with E-state index in [1.54, 1.807) is 0 Å². The van der Waals surface area contributed by atoms with Crippen molar-refractivity contribution in [3.8, 4) is 0 Å². The van der Waals surface area contributed by atoms with Crippen molar-refractivity contribution < 1.29 is 17.9 Å². The van der Waals surface area contributed by atoms with Crippen molar-refractivity contribution in [2.75, 3.05) is 39.0 Å². The van der Waals surface area contributed by atoms with Crippen molar-refractivity contribution in [1.29, 1.82) is 0 Å². The molecule has 1 unspecified atom stereocenters. The highest BCUT2D eigenvalue weighted by atomic mass is 35.5. The van der Waals surface area contributed by atoms with Gasteiger partial charge in [-0.3, -0.25) is 4.79 Å². The SMILES string of the molecule is COC(=O)C(Cc1ccccc1)CS(=O)(=O)N1CCNCC1.Cl. The number of benzene rings is 1. The van der Waals surface area contributed by atoms with Gasteiger partial charge in [0.15, 0.2) is 0 Å². The Kier molecular flexibility index (Phi) is 7.98. The van der Waals surface area contributed by atoms with Crippen molar-refractivity contribution in [3.63, 3.8) is 0 Å². The maximum Gasteiger partial charge on any atom is 0.310 e. The van der Waals surface area contributed by atoms with E-state index in [9.17, 15) is 13.2 Å². The van der Waals surface area contributed by atoms with Crippen molar-refractivity contribution in [1.82, 2.24) is 9.62 Å². The summed E-state index contributed by atoms with van der Waals surface area (Å²) in [4.78, 5) is 12.0. The van der Waals surface area contributed by atoms with Crippen LogP contribution in [0.5, 0.6) is 0 Å². The first-order valence-electron chi connectivity index (χ1n) is 7.33. The maximum absolute atomic E-state index is 12.5. The summed E-state index contributed by atoms with van der Waals surface area (Å²) in [6, 6.07) is 9.39. The molecule has 1 aliphatic heterocycles. The molecule has 0 amide bonds. The van der Waals surface area contributed by atoms with Crippen LogP contribution in [-0.2, 0) is 26.0 Å². The van der Waals surface area contributed by atoms with Gasteiger partial charge in [0.05, 0.1) is 18.8 Å². The lowest BCUT2D eigenvalue weighted by atomic mass is 10.0. The van der Waals surface area contributed by atoms with Gasteiger partial charge < -0.3 is 10.1 Å². The molecule has 0 spiro atoms. The Bertz CT molecular complexity index is 589. The molecular formula is C15H23ClN2O4S. The normalized spacial score (nSPS) is 17.1. The average molecular weight is 363 g/mol. The van der Waals surface area contributed by atoms with E-state index in [1.165, 1.54) is 11.4 Å². The minimum Gasteiger partial charge on any atom is -0.469 e. The monoisotopic (exact) mass is 362 g/mol. The fourth-order valence-corrected chi connectivity index (χ4v) is 4.27. The molecule has 0 radical (unpaired) electrons. The largest absolute Gasteiger partial charge is 0.469 e. The first-order chi connectivity index (χ1) is 10.5. The zero-order chi connectivity index (χ0) is 16.0. The molecule has 1 aromatic rings. The fourth-order valence-electron chi connectivity index (χ4n) is 2.56. The van der Waals surface area contributed by atoms with Crippen molar-refractivity contribution >= 4 is 28.4 Å². The molecule has 1 heterocycles. The van der Waals surface area contributed by atoms with Crippen molar-refractivity contribution in [2.45, 2.75) is 6.42 Å². The van der Waals surface area contributed by atoms with Crippen LogP contribution in [0.4, 0.5) is 0 Å². The molecule has 0 aliphatic carbocycles. The Hall–Kier alpha value is -1.15. The molecule has 23 heavy (non-hydrogen) atoms. The fraction of sp³-hybridized carbons (Fsp3) is 0.533. The summed E-state index contributed by atoms with van der Waals surface area (Å²) in [6.07, 6.45) is 0.360. The number of carbonyl (C=O) groups is 1. The quantitative estimate of drug-likeness (QED) is 0.753. The Balaban J connectivity index is 0.00000264. The predicted octanol–water partition coefficient (Wildman–Crippen LogP) is 0.675. The van der Waals surface area contributed by atoms with Crippen LogP contribution < -0.4 is 5.32 Å². The van der Waals surface area contributed by atoms with E-state index in [0.29, 0.717) is 32.6 Å². The molecule has 1 atom stereocenters. The summed E-state index contributed by atoms with van der Waals surface area (Å²) in [5.41, 5.74) is 0.924. The highest BCUT2D eigenvalue weighted by molar-refractivity contribution is 7.89. The van der Waals surface area contributed by atoms with Gasteiger partial charge in [0.25, 0.3) is 0 Å². The van der Waals surface area contributed by atoms with E-state index >= 15 is 0 Å². The van der Waals surface area contributed by atoms with Gasteiger partial charge in [-0.1, -0.05) is 30.3 Å². The van der Waals surface area contributed by atoms with Crippen molar-refractivity contribution in [2.24, 2.45) is 5.92 Å². The average Bonchev–Trinajstić information content (AvgIpc) is 2.55. The van der Waals surface area contributed by atoms with Crippen LogP contribution in [0.15, 0.2) is 30.3 Å². The van der Waals surface area contributed by atoms with Gasteiger partial charge in [0.2, 0.25) is 10.0 Å². The summed E-state index contributed by atoms with van der Waals surface area (Å²) < 4.78 is 31.2. The van der Waals surface area contributed by atoms with Gasteiger partial charge in [0, 0.05) is 26.2 Å². The number of hydrogen-bond acceptors (Lipinski definition) is 5. The third-order valence-corrected chi connectivity index (χ3v) is 5.72. The lowest BCUT2D eigenvalue weighted by Gasteiger charge is -2.28. The molecule has 2 rings (SSSR count). The van der Waals surface area contributed by atoms with Gasteiger partial charge in [-0.2, -0.15) is 4.31 Å². The number of esters is 1. The first-order valence-corrected chi connectivity index (χ1v) is 8.94. The topological polar surface area (TPSA) is 75.7 Å². The van der Waals surface area contributed by atoms with Crippen molar-refractivity contribution in [3.05, 3.63) is 35.9 Å². The molecule has 1 saturated heterocycles. The van der Waals surface area contributed by atoms with Gasteiger partial charge in [0.1, 0.15) is 0 Å². The maximum atomic E-state index is 12.5. The van der Waals surface area contributed by atoms with Gasteiger partial charge in [-0.15, -0.1) is 12.4 Å². The van der Waals surface area contributed by atoms with E-state index in [2.05, 4.69) is 5.32 Å². The van der Waals surface area contributed by atoms with E-state index in [4.69, 9.17) is 4.74 Å². The van der Waals surface area contributed by atoms with E-state index < -0.39 is 21.9 Å². The third kappa shape index (κ3) is 5.76. The summed E-state index contributed by atoms with van der Waals surface area (Å²) in [5.74, 6) is -1.39. The molecule has 1 aliphatic rings. The Morgan fingerprint density at radius 3 is 2.43 bits per heavy atom. The minimum atomic E-state index is -3.47. The molecule has 8 heteroatoms. The second-order valence-electron chi connectivity index (χ2n) is 5.34. The highest BCUT2D eigenvalue weighted by Gasteiger charge is 2.31. The van der Waals surface area contributed by atoms with E-state index in [1.807, 2.05) is 30.3 Å². The lowest BCUT2D eigenvalue weighted by Crippen LogP contribution is -2.48. The van der Waals surface area contributed by atoms with Crippen LogP contribution in [0, 0.1) is 5.92 Å². The Labute approximate surface area is 143 Å². The van der Waals surface area contributed by atoms with Gasteiger partial charge >= 0.3 is 5.97 Å². The van der Waals surface area contributed by atoms with Gasteiger partial charge in [-0.25, -0.2) is 8.42 Å². The predicted molar refractivity (Wildman–Crippen MR) is 91.1 cm³/mol. The zero-order valence-corrected chi connectivity index (χ0v) is 14.7. The molecule has 0 bridgehead atoms. The second-order valence-corrected chi connectivity index (χ2v) is 7.35. The van der Waals surface area contributed by atoms with E-state index in [0.717, 1.165) is 5.56 Å². The molecule has 6 nitrogen and oxygen atoms in total. The Morgan fingerprint density at radius 1 is 1.26 bits per heavy atom. The number of nitrogens with zero attached hydrogens (tertiary/aromatic N) is 1. The van der Waals surface area contributed by atoms with Crippen LogP contribution in [0.3, 0.4) is 0 Å². The second kappa shape index (κ2) is 9.22. The molecule has 0 aromatic heterocycles. The third-order valence-electron chi connectivity index (χ3n) is 3.74. The minimum absolute atomic E-state index is 0. The highest BCUT2D eigenvalue weighted by Crippen LogP contribution is 2.16. The Morgan fingerprint density at radius 2 is 1.87 bits per heavy atom. The lowest BCUT2D eigenvalue weighted by molar-refractivity contribution is -0.144. The standard InChI is InChI=1S/C15H22N2O4S.ClH/c1-21-15(18)14(11-13-5-3-2-4-6-13)12-22(19,20)17-9-7-16-8-10-17;/h2-6,14,16H,7-12H2,1H3;1H. The smallest absolute Gasteiger partial charge is 0.310 e. The molecule has 1 fully saturated rings. The summed E-state index contributed by atoms with van der Waals surface area (Å²) in [5, 5.41) is 3.12. The van der Waals surface area contributed by atoms with Crippen LogP contribution in [-0.4, -0.2) is 57.7 Å². The van der Waals surface area contributed by atoms with E-state index in [-0.39, 0.29) is 18.2 Å². The molecule has 130 valence electrons. The number of rotatable bonds is 6. The first kappa shape index (κ1) is 19.9. The molecule has 1 aromatic carbocycles. The van der Waals surface area contributed by atoms with Gasteiger partial charge in [-0.05, 0) is 12.0 Å². The number of nitrogens with one attached hydrogen (secondary N) is 1. The number of piperazine rings is 1. The molecule has 0 saturated carbocycles. The molecule has 1 N–H and O–H groups in total. The summed E-state index contributed by atoms with van der Waals surface area (Å²) in [6.45, 7) is 2.17. The summed E-state index contributed by atoms with van der Waals surface area (Å²) >= 11 is 0. The number of ether oxygens (including phenoxy) is 1. The van der Waals surface area contributed by atoms with Crippen LogP contribution in [0.25, 0.3) is 0 Å². The van der Waals surface area contributed by atoms with Crippen LogP contribution in [0.1, 0.15) is 5.56 Å². The number of hydrogen-bond donors (Lipinski definition) is 1. The zero-order valence-electron chi connectivity index (χ0n) is 13.1. The van der Waals surface area contributed by atoms with Crippen LogP contribution >= 0.6 is 12.4 Å².